The zero-order chi connectivity index (χ0) is 16.0. The van der Waals surface area contributed by atoms with Gasteiger partial charge in [0.2, 0.25) is 0 Å². The lowest BCUT2D eigenvalue weighted by Gasteiger charge is -2.34. The Bertz CT molecular complexity index is 579. The SMILES string of the molecule is C=CC(C)[C@](O)(CC[C@H](O)c1ccccc1)c1ccccc1. The van der Waals surface area contributed by atoms with Crippen molar-refractivity contribution in [1.29, 1.82) is 0 Å². The summed E-state index contributed by atoms with van der Waals surface area (Å²) in [6.45, 7) is 5.77. The van der Waals surface area contributed by atoms with Gasteiger partial charge in [-0.2, -0.15) is 0 Å². The number of aliphatic hydroxyl groups excluding tert-OH is 1. The smallest absolute Gasteiger partial charge is 0.0957 e. The largest absolute Gasteiger partial charge is 0.388 e. The summed E-state index contributed by atoms with van der Waals surface area (Å²) < 4.78 is 0. The second-order valence-corrected chi connectivity index (χ2v) is 5.78. The van der Waals surface area contributed by atoms with Gasteiger partial charge in [-0.05, 0) is 24.0 Å². The standard InChI is InChI=1S/C20H24O2/c1-3-16(2)20(22,18-12-8-5-9-13-18)15-14-19(21)17-10-6-4-7-11-17/h3-13,16,19,21-22H,1,14-15H2,2H3/t16?,19-,20+/m0/s1. The van der Waals surface area contributed by atoms with Crippen molar-refractivity contribution in [2.24, 2.45) is 5.92 Å². The van der Waals surface area contributed by atoms with Gasteiger partial charge in [0, 0.05) is 5.92 Å². The van der Waals surface area contributed by atoms with Gasteiger partial charge in [0.1, 0.15) is 0 Å². The molecule has 2 N–H and O–H groups in total. The second-order valence-electron chi connectivity index (χ2n) is 5.78. The zero-order valence-corrected chi connectivity index (χ0v) is 13.0. The van der Waals surface area contributed by atoms with Crippen molar-refractivity contribution in [2.75, 3.05) is 0 Å². The monoisotopic (exact) mass is 296 g/mol. The molecule has 1 unspecified atom stereocenters. The fraction of sp³-hybridized carbons (Fsp3) is 0.300. The maximum atomic E-state index is 11.2. The lowest BCUT2D eigenvalue weighted by molar-refractivity contribution is -0.0203. The van der Waals surface area contributed by atoms with Crippen LogP contribution in [0.4, 0.5) is 0 Å². The molecular formula is C20H24O2. The first kappa shape index (κ1) is 16.5. The minimum atomic E-state index is -1.02. The summed E-state index contributed by atoms with van der Waals surface area (Å²) in [5, 5.41) is 21.5. The van der Waals surface area contributed by atoms with Crippen molar-refractivity contribution < 1.29 is 10.2 Å². The Hall–Kier alpha value is -1.90. The quantitative estimate of drug-likeness (QED) is 0.751. The van der Waals surface area contributed by atoms with Crippen LogP contribution in [0.2, 0.25) is 0 Å². The molecule has 0 aliphatic rings. The fourth-order valence-electron chi connectivity index (χ4n) is 2.76. The van der Waals surface area contributed by atoms with E-state index in [2.05, 4.69) is 6.58 Å². The van der Waals surface area contributed by atoms with Gasteiger partial charge in [-0.15, -0.1) is 6.58 Å². The fourth-order valence-corrected chi connectivity index (χ4v) is 2.76. The number of hydrogen-bond donors (Lipinski definition) is 2. The first-order valence-corrected chi connectivity index (χ1v) is 7.71. The minimum absolute atomic E-state index is 0.0992. The van der Waals surface area contributed by atoms with Crippen molar-refractivity contribution in [1.82, 2.24) is 0 Å². The Kier molecular flexibility index (Phi) is 5.53. The van der Waals surface area contributed by atoms with E-state index in [1.165, 1.54) is 0 Å². The van der Waals surface area contributed by atoms with E-state index in [0.717, 1.165) is 11.1 Å². The van der Waals surface area contributed by atoms with Crippen LogP contribution < -0.4 is 0 Å². The van der Waals surface area contributed by atoms with E-state index in [1.807, 2.05) is 67.6 Å². The molecule has 0 aliphatic heterocycles. The van der Waals surface area contributed by atoms with Gasteiger partial charge in [0.05, 0.1) is 11.7 Å². The van der Waals surface area contributed by atoms with E-state index in [4.69, 9.17) is 0 Å². The first-order valence-electron chi connectivity index (χ1n) is 7.71. The molecular weight excluding hydrogens is 272 g/mol. The second kappa shape index (κ2) is 7.39. The molecule has 0 spiro atoms. The van der Waals surface area contributed by atoms with E-state index in [9.17, 15) is 10.2 Å². The molecule has 3 atom stereocenters. The molecule has 0 radical (unpaired) electrons. The third kappa shape index (κ3) is 3.65. The highest BCUT2D eigenvalue weighted by molar-refractivity contribution is 5.25. The van der Waals surface area contributed by atoms with Gasteiger partial charge in [-0.1, -0.05) is 73.7 Å². The summed E-state index contributed by atoms with van der Waals surface area (Å²) >= 11 is 0. The van der Waals surface area contributed by atoms with Crippen LogP contribution in [0.5, 0.6) is 0 Å². The molecule has 0 heterocycles. The highest BCUT2D eigenvalue weighted by atomic mass is 16.3. The van der Waals surface area contributed by atoms with Crippen LogP contribution in [0, 0.1) is 5.92 Å². The Morgan fingerprint density at radius 1 is 1.05 bits per heavy atom. The molecule has 2 aromatic rings. The molecule has 0 saturated heterocycles. The lowest BCUT2D eigenvalue weighted by Crippen LogP contribution is -2.33. The van der Waals surface area contributed by atoms with Crippen molar-refractivity contribution in [2.45, 2.75) is 31.5 Å². The molecule has 0 amide bonds. The Morgan fingerprint density at radius 3 is 2.14 bits per heavy atom. The predicted molar refractivity (Wildman–Crippen MR) is 90.3 cm³/mol. The maximum absolute atomic E-state index is 11.2. The van der Waals surface area contributed by atoms with Gasteiger partial charge in [-0.3, -0.25) is 0 Å². The topological polar surface area (TPSA) is 40.5 Å². The molecule has 2 nitrogen and oxygen atoms in total. The molecule has 0 fully saturated rings. The highest BCUT2D eigenvalue weighted by Crippen LogP contribution is 2.37. The molecule has 0 aromatic heterocycles. The van der Waals surface area contributed by atoms with Crippen LogP contribution in [-0.2, 0) is 5.60 Å². The number of hydrogen-bond acceptors (Lipinski definition) is 2. The van der Waals surface area contributed by atoms with Crippen LogP contribution in [0.3, 0.4) is 0 Å². The molecule has 2 heteroatoms. The van der Waals surface area contributed by atoms with Gasteiger partial charge >= 0.3 is 0 Å². The van der Waals surface area contributed by atoms with Crippen LogP contribution in [0.25, 0.3) is 0 Å². The summed E-state index contributed by atoms with van der Waals surface area (Å²) in [5.41, 5.74) is 0.727. The van der Waals surface area contributed by atoms with Crippen LogP contribution in [0.1, 0.15) is 37.0 Å². The van der Waals surface area contributed by atoms with Gasteiger partial charge in [0.25, 0.3) is 0 Å². The average molecular weight is 296 g/mol. The summed E-state index contributed by atoms with van der Waals surface area (Å²) in [5.74, 6) is -0.0992. The third-order valence-corrected chi connectivity index (χ3v) is 4.36. The zero-order valence-electron chi connectivity index (χ0n) is 13.0. The maximum Gasteiger partial charge on any atom is 0.0957 e. The summed E-state index contributed by atoms with van der Waals surface area (Å²) in [6, 6.07) is 19.2. The number of rotatable bonds is 7. The summed E-state index contributed by atoms with van der Waals surface area (Å²) in [7, 11) is 0. The molecule has 22 heavy (non-hydrogen) atoms. The van der Waals surface area contributed by atoms with E-state index in [0.29, 0.717) is 12.8 Å². The van der Waals surface area contributed by atoms with Crippen molar-refractivity contribution in [3.63, 3.8) is 0 Å². The number of benzene rings is 2. The molecule has 0 bridgehead atoms. The summed E-state index contributed by atoms with van der Waals surface area (Å²) in [4.78, 5) is 0. The highest BCUT2D eigenvalue weighted by Gasteiger charge is 2.34. The van der Waals surface area contributed by atoms with E-state index < -0.39 is 11.7 Å². The normalized spacial score (nSPS) is 16.5. The van der Waals surface area contributed by atoms with Crippen LogP contribution in [0.15, 0.2) is 73.3 Å². The van der Waals surface area contributed by atoms with Crippen LogP contribution in [-0.4, -0.2) is 10.2 Å². The summed E-state index contributed by atoms with van der Waals surface area (Å²) in [6.07, 6.45) is 2.16. The van der Waals surface area contributed by atoms with Crippen molar-refractivity contribution >= 4 is 0 Å². The predicted octanol–water partition coefficient (Wildman–Crippen LogP) is 4.21. The first-order chi connectivity index (χ1) is 10.6. The molecule has 0 aliphatic carbocycles. The van der Waals surface area contributed by atoms with Gasteiger partial charge in [0.15, 0.2) is 0 Å². The molecule has 0 saturated carbocycles. The van der Waals surface area contributed by atoms with Gasteiger partial charge < -0.3 is 10.2 Å². The lowest BCUT2D eigenvalue weighted by atomic mass is 9.78. The van der Waals surface area contributed by atoms with E-state index in [-0.39, 0.29) is 5.92 Å². The Labute approximate surface area is 132 Å². The average Bonchev–Trinajstić information content (AvgIpc) is 2.60. The number of aliphatic hydroxyl groups is 2. The molecule has 116 valence electrons. The molecule has 2 rings (SSSR count). The molecule has 2 aromatic carbocycles. The third-order valence-electron chi connectivity index (χ3n) is 4.36. The van der Waals surface area contributed by atoms with Crippen molar-refractivity contribution in [3.8, 4) is 0 Å². The minimum Gasteiger partial charge on any atom is -0.388 e. The van der Waals surface area contributed by atoms with Crippen LogP contribution >= 0.6 is 0 Å². The van der Waals surface area contributed by atoms with E-state index >= 15 is 0 Å². The van der Waals surface area contributed by atoms with Gasteiger partial charge in [-0.25, -0.2) is 0 Å². The Balaban J connectivity index is 2.16. The Morgan fingerprint density at radius 2 is 1.59 bits per heavy atom. The van der Waals surface area contributed by atoms with Crippen molar-refractivity contribution in [3.05, 3.63) is 84.4 Å². The van der Waals surface area contributed by atoms with E-state index in [1.54, 1.807) is 6.08 Å².